The SMILES string of the molecule is CCC(NC)c1ccccc1Sc1nccs1. The van der Waals surface area contributed by atoms with Crippen LogP contribution < -0.4 is 5.32 Å². The molecule has 0 aliphatic heterocycles. The highest BCUT2D eigenvalue weighted by molar-refractivity contribution is 8.01. The van der Waals surface area contributed by atoms with E-state index in [4.69, 9.17) is 0 Å². The van der Waals surface area contributed by atoms with Crippen molar-refractivity contribution in [2.45, 2.75) is 28.6 Å². The number of benzene rings is 1. The van der Waals surface area contributed by atoms with Crippen molar-refractivity contribution < 1.29 is 0 Å². The third-order valence-electron chi connectivity index (χ3n) is 2.66. The molecular formula is C13H16N2S2. The summed E-state index contributed by atoms with van der Waals surface area (Å²) in [5.41, 5.74) is 1.36. The molecule has 1 aromatic heterocycles. The summed E-state index contributed by atoms with van der Waals surface area (Å²) in [6, 6.07) is 8.96. The molecule has 1 heterocycles. The molecule has 0 bridgehead atoms. The molecule has 2 rings (SSSR count). The molecule has 0 saturated heterocycles. The van der Waals surface area contributed by atoms with Crippen LogP contribution in [0.4, 0.5) is 0 Å². The van der Waals surface area contributed by atoms with Crippen molar-refractivity contribution in [2.75, 3.05) is 7.05 Å². The molecule has 1 aromatic carbocycles. The molecule has 1 N–H and O–H groups in total. The number of hydrogen-bond donors (Lipinski definition) is 1. The van der Waals surface area contributed by atoms with E-state index in [9.17, 15) is 0 Å². The van der Waals surface area contributed by atoms with Gasteiger partial charge in [0.2, 0.25) is 0 Å². The van der Waals surface area contributed by atoms with E-state index in [-0.39, 0.29) is 0 Å². The van der Waals surface area contributed by atoms with Gasteiger partial charge in [0.15, 0.2) is 4.34 Å². The van der Waals surface area contributed by atoms with Crippen molar-refractivity contribution in [3.63, 3.8) is 0 Å². The molecule has 0 spiro atoms. The van der Waals surface area contributed by atoms with E-state index in [2.05, 4.69) is 41.5 Å². The molecule has 0 aliphatic carbocycles. The van der Waals surface area contributed by atoms with E-state index in [0.29, 0.717) is 6.04 Å². The Labute approximate surface area is 110 Å². The van der Waals surface area contributed by atoms with Crippen LogP contribution in [-0.4, -0.2) is 12.0 Å². The van der Waals surface area contributed by atoms with Crippen LogP contribution in [0.1, 0.15) is 24.9 Å². The van der Waals surface area contributed by atoms with Gasteiger partial charge < -0.3 is 5.32 Å². The lowest BCUT2D eigenvalue weighted by Crippen LogP contribution is -2.15. The Hall–Kier alpha value is -0.840. The summed E-state index contributed by atoms with van der Waals surface area (Å²) in [5, 5.41) is 5.37. The average molecular weight is 264 g/mol. The van der Waals surface area contributed by atoms with Gasteiger partial charge in [-0.1, -0.05) is 36.9 Å². The maximum Gasteiger partial charge on any atom is 0.154 e. The predicted octanol–water partition coefficient (Wildman–Crippen LogP) is 3.96. The summed E-state index contributed by atoms with van der Waals surface area (Å²) in [4.78, 5) is 5.62. The third-order valence-corrected chi connectivity index (χ3v) is 4.63. The first kappa shape index (κ1) is 12.6. The second-order valence-electron chi connectivity index (χ2n) is 3.69. The molecule has 2 nitrogen and oxygen atoms in total. The van der Waals surface area contributed by atoms with Crippen molar-refractivity contribution in [3.05, 3.63) is 41.4 Å². The highest BCUT2D eigenvalue weighted by Crippen LogP contribution is 2.34. The minimum Gasteiger partial charge on any atom is -0.313 e. The van der Waals surface area contributed by atoms with Crippen molar-refractivity contribution in [3.8, 4) is 0 Å². The van der Waals surface area contributed by atoms with Crippen LogP contribution in [0.25, 0.3) is 0 Å². The number of thiazole rings is 1. The average Bonchev–Trinajstić information content (AvgIpc) is 2.86. The van der Waals surface area contributed by atoms with Crippen LogP contribution in [0, 0.1) is 0 Å². The molecule has 0 fully saturated rings. The first-order chi connectivity index (χ1) is 8.35. The Balaban J connectivity index is 2.27. The Morgan fingerprint density at radius 1 is 1.41 bits per heavy atom. The van der Waals surface area contributed by atoms with Gasteiger partial charge in [-0.25, -0.2) is 4.98 Å². The monoisotopic (exact) mass is 264 g/mol. The molecule has 2 aromatic rings. The van der Waals surface area contributed by atoms with Crippen LogP contribution in [0.15, 0.2) is 45.1 Å². The summed E-state index contributed by atoms with van der Waals surface area (Å²) in [7, 11) is 2.01. The number of nitrogens with one attached hydrogen (secondary N) is 1. The number of nitrogens with zero attached hydrogens (tertiary/aromatic N) is 1. The zero-order valence-electron chi connectivity index (χ0n) is 10.0. The van der Waals surface area contributed by atoms with Crippen LogP contribution in [0.3, 0.4) is 0 Å². The zero-order valence-corrected chi connectivity index (χ0v) is 11.6. The molecular weight excluding hydrogens is 248 g/mol. The fourth-order valence-electron chi connectivity index (χ4n) is 1.80. The highest BCUT2D eigenvalue weighted by atomic mass is 32.2. The van der Waals surface area contributed by atoms with Crippen molar-refractivity contribution in [1.29, 1.82) is 0 Å². The van der Waals surface area contributed by atoms with E-state index >= 15 is 0 Å². The lowest BCUT2D eigenvalue weighted by molar-refractivity contribution is 0.568. The maximum absolute atomic E-state index is 4.32. The lowest BCUT2D eigenvalue weighted by Gasteiger charge is -2.17. The van der Waals surface area contributed by atoms with Gasteiger partial charge in [0.05, 0.1) is 0 Å². The smallest absolute Gasteiger partial charge is 0.154 e. The Morgan fingerprint density at radius 3 is 2.88 bits per heavy atom. The first-order valence-electron chi connectivity index (χ1n) is 5.68. The Kier molecular flexibility index (Phi) is 4.59. The third kappa shape index (κ3) is 3.09. The van der Waals surface area contributed by atoms with Gasteiger partial charge in [0.1, 0.15) is 0 Å². The Morgan fingerprint density at radius 2 is 2.24 bits per heavy atom. The lowest BCUT2D eigenvalue weighted by atomic mass is 10.1. The second-order valence-corrected chi connectivity index (χ2v) is 5.87. The quantitative estimate of drug-likeness (QED) is 0.884. The van der Waals surface area contributed by atoms with Crippen LogP contribution in [0.2, 0.25) is 0 Å². The van der Waals surface area contributed by atoms with Gasteiger partial charge in [-0.05, 0) is 25.1 Å². The predicted molar refractivity (Wildman–Crippen MR) is 74.8 cm³/mol. The molecule has 4 heteroatoms. The van der Waals surface area contributed by atoms with E-state index in [1.165, 1.54) is 10.5 Å². The fraction of sp³-hybridized carbons (Fsp3) is 0.308. The fourth-order valence-corrected chi connectivity index (χ4v) is 3.56. The molecule has 90 valence electrons. The van der Waals surface area contributed by atoms with Gasteiger partial charge >= 0.3 is 0 Å². The van der Waals surface area contributed by atoms with Crippen molar-refractivity contribution in [2.24, 2.45) is 0 Å². The maximum atomic E-state index is 4.32. The van der Waals surface area contributed by atoms with Gasteiger partial charge in [-0.3, -0.25) is 0 Å². The number of rotatable bonds is 5. The van der Waals surface area contributed by atoms with E-state index in [0.717, 1.165) is 10.8 Å². The molecule has 0 saturated carbocycles. The van der Waals surface area contributed by atoms with Gasteiger partial charge in [0, 0.05) is 22.5 Å². The molecule has 17 heavy (non-hydrogen) atoms. The Bertz CT molecular complexity index is 450. The van der Waals surface area contributed by atoms with E-state index < -0.39 is 0 Å². The standard InChI is InChI=1S/C13H16N2S2/c1-3-11(14-2)10-6-4-5-7-12(10)17-13-15-8-9-16-13/h4-9,11,14H,3H2,1-2H3. The normalized spacial score (nSPS) is 12.6. The van der Waals surface area contributed by atoms with E-state index in [1.807, 2.05) is 18.6 Å². The largest absolute Gasteiger partial charge is 0.313 e. The number of hydrogen-bond acceptors (Lipinski definition) is 4. The zero-order chi connectivity index (χ0) is 12.1. The first-order valence-corrected chi connectivity index (χ1v) is 7.38. The van der Waals surface area contributed by atoms with Gasteiger partial charge in [0.25, 0.3) is 0 Å². The van der Waals surface area contributed by atoms with Crippen molar-refractivity contribution in [1.82, 2.24) is 10.3 Å². The van der Waals surface area contributed by atoms with Gasteiger partial charge in [-0.2, -0.15) is 0 Å². The van der Waals surface area contributed by atoms with Crippen LogP contribution in [0.5, 0.6) is 0 Å². The van der Waals surface area contributed by atoms with Crippen LogP contribution in [-0.2, 0) is 0 Å². The van der Waals surface area contributed by atoms with E-state index in [1.54, 1.807) is 23.1 Å². The summed E-state index contributed by atoms with van der Waals surface area (Å²) in [6.45, 7) is 2.20. The summed E-state index contributed by atoms with van der Waals surface area (Å²) in [5.74, 6) is 0. The van der Waals surface area contributed by atoms with Gasteiger partial charge in [-0.15, -0.1) is 11.3 Å². The molecule has 0 radical (unpaired) electrons. The van der Waals surface area contributed by atoms with Crippen LogP contribution >= 0.6 is 23.1 Å². The molecule has 0 amide bonds. The topological polar surface area (TPSA) is 24.9 Å². The van der Waals surface area contributed by atoms with Crippen molar-refractivity contribution >= 4 is 23.1 Å². The molecule has 1 atom stereocenters. The minimum atomic E-state index is 0.415. The molecule has 0 aliphatic rings. The summed E-state index contributed by atoms with van der Waals surface area (Å²) >= 11 is 3.43. The minimum absolute atomic E-state index is 0.415. The number of aromatic nitrogens is 1. The summed E-state index contributed by atoms with van der Waals surface area (Å²) in [6.07, 6.45) is 2.94. The highest BCUT2D eigenvalue weighted by Gasteiger charge is 2.12. The second kappa shape index (κ2) is 6.19. The summed E-state index contributed by atoms with van der Waals surface area (Å²) < 4.78 is 1.10. The molecule has 1 unspecified atom stereocenters.